The highest BCUT2D eigenvalue weighted by Gasteiger charge is 2.13. The van der Waals surface area contributed by atoms with E-state index in [4.69, 9.17) is 16.0 Å². The van der Waals surface area contributed by atoms with E-state index in [1.165, 1.54) is 0 Å². The number of aryl methyl sites for hydroxylation is 1. The maximum atomic E-state index is 12.2. The van der Waals surface area contributed by atoms with Crippen molar-refractivity contribution >= 4 is 23.3 Å². The van der Waals surface area contributed by atoms with Gasteiger partial charge in [0, 0.05) is 24.5 Å². The number of nitrogens with one attached hydrogen (secondary N) is 1. The summed E-state index contributed by atoms with van der Waals surface area (Å²) in [4.78, 5) is 16.5. The van der Waals surface area contributed by atoms with Gasteiger partial charge in [-0.15, -0.1) is 0 Å². The second kappa shape index (κ2) is 8.19. The van der Waals surface area contributed by atoms with Crippen molar-refractivity contribution < 1.29 is 9.21 Å². The monoisotopic (exact) mass is 372 g/mol. The lowest BCUT2D eigenvalue weighted by molar-refractivity contribution is -0.116. The third-order valence-electron chi connectivity index (χ3n) is 4.20. The van der Waals surface area contributed by atoms with Gasteiger partial charge in [0.15, 0.2) is 11.7 Å². The first-order valence-corrected chi connectivity index (χ1v) is 8.99. The first-order chi connectivity index (χ1) is 12.6. The molecule has 0 spiro atoms. The maximum absolute atomic E-state index is 12.2. The van der Waals surface area contributed by atoms with Crippen molar-refractivity contribution in [2.45, 2.75) is 39.2 Å². The standard InChI is InChI=1S/C19H21ClN4O2/c1-3-13(2)24-17(10-11-22-24)23-18(25)8-9-19-21-12-16(26-19)14-6-4-5-7-15(14)20/h4-7,10-13H,3,8-9H2,1-2H3,(H,23,25). The van der Waals surface area contributed by atoms with Gasteiger partial charge in [0.2, 0.25) is 5.91 Å². The van der Waals surface area contributed by atoms with E-state index < -0.39 is 0 Å². The number of carbonyl (C=O) groups is 1. The molecule has 1 aromatic carbocycles. The number of halogens is 1. The molecule has 0 aliphatic carbocycles. The van der Waals surface area contributed by atoms with E-state index in [0.29, 0.717) is 28.9 Å². The van der Waals surface area contributed by atoms with Crippen LogP contribution in [0.4, 0.5) is 5.82 Å². The molecule has 0 aliphatic heterocycles. The van der Waals surface area contributed by atoms with Gasteiger partial charge in [0.1, 0.15) is 5.82 Å². The molecule has 3 rings (SSSR count). The smallest absolute Gasteiger partial charge is 0.226 e. The summed E-state index contributed by atoms with van der Waals surface area (Å²) in [6.07, 6.45) is 4.94. The van der Waals surface area contributed by atoms with Crippen LogP contribution in [0.15, 0.2) is 47.1 Å². The molecule has 26 heavy (non-hydrogen) atoms. The summed E-state index contributed by atoms with van der Waals surface area (Å²) in [6.45, 7) is 4.14. The fourth-order valence-electron chi connectivity index (χ4n) is 2.57. The molecule has 1 amide bonds. The fourth-order valence-corrected chi connectivity index (χ4v) is 2.80. The van der Waals surface area contributed by atoms with Crippen molar-refractivity contribution in [3.63, 3.8) is 0 Å². The van der Waals surface area contributed by atoms with Crippen LogP contribution in [0.2, 0.25) is 5.02 Å². The van der Waals surface area contributed by atoms with Gasteiger partial charge in [-0.3, -0.25) is 4.79 Å². The number of hydrogen-bond donors (Lipinski definition) is 1. The Kier molecular flexibility index (Phi) is 5.73. The lowest BCUT2D eigenvalue weighted by Crippen LogP contribution is -2.17. The van der Waals surface area contributed by atoms with E-state index in [9.17, 15) is 4.79 Å². The Bertz CT molecular complexity index is 887. The molecule has 0 saturated heterocycles. The van der Waals surface area contributed by atoms with Crippen LogP contribution < -0.4 is 5.32 Å². The highest BCUT2D eigenvalue weighted by atomic mass is 35.5. The van der Waals surface area contributed by atoms with Gasteiger partial charge >= 0.3 is 0 Å². The number of rotatable bonds is 7. The number of oxazole rings is 1. The zero-order valence-corrected chi connectivity index (χ0v) is 15.5. The normalized spacial score (nSPS) is 12.1. The zero-order chi connectivity index (χ0) is 18.5. The SMILES string of the molecule is CCC(C)n1nccc1NC(=O)CCc1ncc(-c2ccccc2Cl)o1. The van der Waals surface area contributed by atoms with Crippen LogP contribution in [0.1, 0.15) is 38.6 Å². The molecule has 3 aromatic rings. The van der Waals surface area contributed by atoms with Crippen LogP contribution >= 0.6 is 11.6 Å². The third kappa shape index (κ3) is 4.14. The molecular formula is C19H21ClN4O2. The van der Waals surface area contributed by atoms with E-state index in [1.54, 1.807) is 24.5 Å². The van der Waals surface area contributed by atoms with Gasteiger partial charge in [-0.2, -0.15) is 5.10 Å². The summed E-state index contributed by atoms with van der Waals surface area (Å²) >= 11 is 6.17. The van der Waals surface area contributed by atoms with Gasteiger partial charge in [-0.1, -0.05) is 30.7 Å². The van der Waals surface area contributed by atoms with Crippen molar-refractivity contribution in [2.75, 3.05) is 5.32 Å². The molecular weight excluding hydrogens is 352 g/mol. The Balaban J connectivity index is 1.59. The van der Waals surface area contributed by atoms with Crippen molar-refractivity contribution in [1.29, 1.82) is 0 Å². The second-order valence-corrected chi connectivity index (χ2v) is 6.47. The van der Waals surface area contributed by atoms with E-state index in [2.05, 4.69) is 29.2 Å². The van der Waals surface area contributed by atoms with Crippen molar-refractivity contribution in [3.05, 3.63) is 53.6 Å². The molecule has 0 fully saturated rings. The molecule has 0 saturated carbocycles. The van der Waals surface area contributed by atoms with E-state index in [0.717, 1.165) is 12.0 Å². The number of hydrogen-bond acceptors (Lipinski definition) is 4. The molecule has 2 aromatic heterocycles. The Hall–Kier alpha value is -2.60. The van der Waals surface area contributed by atoms with Crippen molar-refractivity contribution in [1.82, 2.24) is 14.8 Å². The minimum Gasteiger partial charge on any atom is -0.441 e. The van der Waals surface area contributed by atoms with Crippen LogP contribution in [0.3, 0.4) is 0 Å². The lowest BCUT2D eigenvalue weighted by atomic mass is 10.2. The molecule has 1 atom stereocenters. The summed E-state index contributed by atoms with van der Waals surface area (Å²) in [5.74, 6) is 1.70. The van der Waals surface area contributed by atoms with Gasteiger partial charge in [-0.25, -0.2) is 9.67 Å². The molecule has 7 heteroatoms. The molecule has 6 nitrogen and oxygen atoms in total. The Morgan fingerprint density at radius 3 is 2.92 bits per heavy atom. The Labute approximate surface area is 157 Å². The summed E-state index contributed by atoms with van der Waals surface area (Å²) in [6, 6.07) is 9.44. The highest BCUT2D eigenvalue weighted by Crippen LogP contribution is 2.28. The molecule has 1 unspecified atom stereocenters. The van der Waals surface area contributed by atoms with Crippen LogP contribution in [-0.4, -0.2) is 20.7 Å². The topological polar surface area (TPSA) is 73.0 Å². The molecule has 0 aliphatic rings. The summed E-state index contributed by atoms with van der Waals surface area (Å²) in [5, 5.41) is 7.76. The van der Waals surface area contributed by atoms with Crippen LogP contribution in [-0.2, 0) is 11.2 Å². The predicted octanol–water partition coefficient (Wildman–Crippen LogP) is 4.73. The Morgan fingerprint density at radius 2 is 2.15 bits per heavy atom. The molecule has 1 N–H and O–H groups in total. The third-order valence-corrected chi connectivity index (χ3v) is 4.53. The molecule has 0 radical (unpaired) electrons. The largest absolute Gasteiger partial charge is 0.441 e. The molecule has 0 bridgehead atoms. The quantitative estimate of drug-likeness (QED) is 0.650. The summed E-state index contributed by atoms with van der Waals surface area (Å²) in [5.41, 5.74) is 0.787. The van der Waals surface area contributed by atoms with E-state index in [-0.39, 0.29) is 18.4 Å². The van der Waals surface area contributed by atoms with Crippen LogP contribution in [0, 0.1) is 0 Å². The number of nitrogens with zero attached hydrogens (tertiary/aromatic N) is 3. The van der Waals surface area contributed by atoms with Gasteiger partial charge < -0.3 is 9.73 Å². The highest BCUT2D eigenvalue weighted by molar-refractivity contribution is 6.33. The van der Waals surface area contributed by atoms with Crippen LogP contribution in [0.25, 0.3) is 11.3 Å². The average Bonchev–Trinajstić information content (AvgIpc) is 3.29. The molecule has 136 valence electrons. The first-order valence-electron chi connectivity index (χ1n) is 8.61. The van der Waals surface area contributed by atoms with E-state index >= 15 is 0 Å². The second-order valence-electron chi connectivity index (χ2n) is 6.06. The van der Waals surface area contributed by atoms with E-state index in [1.807, 2.05) is 22.9 Å². The maximum Gasteiger partial charge on any atom is 0.226 e. The zero-order valence-electron chi connectivity index (χ0n) is 14.8. The minimum atomic E-state index is -0.104. The van der Waals surface area contributed by atoms with Gasteiger partial charge in [0.25, 0.3) is 0 Å². The molecule has 2 heterocycles. The number of amides is 1. The fraction of sp³-hybridized carbons (Fsp3) is 0.316. The average molecular weight is 373 g/mol. The number of benzene rings is 1. The summed E-state index contributed by atoms with van der Waals surface area (Å²) < 4.78 is 7.54. The number of carbonyl (C=O) groups excluding carboxylic acids is 1. The lowest BCUT2D eigenvalue weighted by Gasteiger charge is -2.13. The summed E-state index contributed by atoms with van der Waals surface area (Å²) in [7, 11) is 0. The van der Waals surface area contributed by atoms with Gasteiger partial charge in [-0.05, 0) is 25.5 Å². The van der Waals surface area contributed by atoms with Crippen LogP contribution in [0.5, 0.6) is 0 Å². The predicted molar refractivity (Wildman–Crippen MR) is 101 cm³/mol. The first kappa shape index (κ1) is 18.2. The van der Waals surface area contributed by atoms with Crippen molar-refractivity contribution in [3.8, 4) is 11.3 Å². The number of aromatic nitrogens is 3. The van der Waals surface area contributed by atoms with Crippen molar-refractivity contribution in [2.24, 2.45) is 0 Å². The number of anilines is 1. The van der Waals surface area contributed by atoms with Gasteiger partial charge in [0.05, 0.1) is 23.5 Å². The minimum absolute atomic E-state index is 0.104. The Morgan fingerprint density at radius 1 is 1.35 bits per heavy atom.